The van der Waals surface area contributed by atoms with E-state index in [1.54, 1.807) is 19.9 Å². The lowest BCUT2D eigenvalue weighted by molar-refractivity contribution is 0.394. The maximum atomic E-state index is 12.2. The smallest absolute Gasteiger partial charge is 0.333 e. The fraction of sp³-hybridized carbons (Fsp3) is 0.308. The van der Waals surface area contributed by atoms with Crippen LogP contribution in [0.2, 0.25) is 0 Å². The van der Waals surface area contributed by atoms with Crippen LogP contribution in [0.4, 0.5) is 5.95 Å². The van der Waals surface area contributed by atoms with E-state index >= 15 is 0 Å². The second-order valence-electron chi connectivity index (χ2n) is 4.12. The van der Waals surface area contributed by atoms with E-state index in [2.05, 4.69) is 15.0 Å². The Morgan fingerprint density at radius 3 is 2.38 bits per heavy atom. The summed E-state index contributed by atoms with van der Waals surface area (Å²) in [4.78, 5) is 35.9. The van der Waals surface area contributed by atoms with Gasteiger partial charge in [0.05, 0.1) is 0 Å². The van der Waals surface area contributed by atoms with Gasteiger partial charge in [-0.15, -0.1) is 0 Å². The zero-order valence-electron chi connectivity index (χ0n) is 11.7. The Balaban J connectivity index is 2.61. The van der Waals surface area contributed by atoms with Gasteiger partial charge in [-0.3, -0.25) is 13.9 Å². The summed E-state index contributed by atoms with van der Waals surface area (Å²) < 4.78 is 2.15. The topological polar surface area (TPSA) is 102 Å². The van der Waals surface area contributed by atoms with Gasteiger partial charge in [0.15, 0.2) is 0 Å². The van der Waals surface area contributed by atoms with Gasteiger partial charge in [-0.1, -0.05) is 0 Å². The summed E-state index contributed by atoms with van der Waals surface area (Å²) >= 11 is 0. The molecule has 0 fully saturated rings. The molecule has 0 saturated heterocycles. The minimum absolute atomic E-state index is 0.0641. The first kappa shape index (κ1) is 14.6. The molecule has 0 unspecified atom stereocenters. The molecule has 2 heterocycles. The normalized spacial score (nSPS) is 11.1. The van der Waals surface area contributed by atoms with Crippen molar-refractivity contribution in [1.29, 1.82) is 0 Å². The average Bonchev–Trinajstić information content (AvgIpc) is 2.49. The molecule has 0 aliphatic rings. The van der Waals surface area contributed by atoms with Crippen molar-refractivity contribution >= 4 is 12.2 Å². The Morgan fingerprint density at radius 2 is 1.81 bits per heavy atom. The summed E-state index contributed by atoms with van der Waals surface area (Å²) in [6.45, 7) is 3.84. The molecule has 0 spiro atoms. The molecule has 8 heteroatoms. The zero-order valence-corrected chi connectivity index (χ0v) is 11.7. The summed E-state index contributed by atoms with van der Waals surface area (Å²) in [5.74, 6) is -0.245. The molecule has 110 valence electrons. The third-order valence-electron chi connectivity index (χ3n) is 2.93. The van der Waals surface area contributed by atoms with Gasteiger partial charge in [0.2, 0.25) is 11.8 Å². The lowest BCUT2D eigenvalue weighted by Gasteiger charge is -2.11. The summed E-state index contributed by atoms with van der Waals surface area (Å²) in [7, 11) is 0. The van der Waals surface area contributed by atoms with E-state index in [0.717, 1.165) is 9.13 Å². The van der Waals surface area contributed by atoms with Crippen molar-refractivity contribution in [3.8, 4) is 5.88 Å². The number of rotatable bonds is 4. The number of hydrogen-bond acceptors (Lipinski definition) is 6. The van der Waals surface area contributed by atoms with E-state index in [1.165, 1.54) is 18.6 Å². The van der Waals surface area contributed by atoms with E-state index in [0.29, 0.717) is 0 Å². The molecule has 2 aromatic rings. The van der Waals surface area contributed by atoms with Crippen LogP contribution in [0.1, 0.15) is 19.4 Å². The van der Waals surface area contributed by atoms with Crippen LogP contribution < -0.4 is 11.2 Å². The Kier molecular flexibility index (Phi) is 4.27. The Bertz CT molecular complexity index is 777. The minimum atomic E-state index is -0.593. The third-order valence-corrected chi connectivity index (χ3v) is 2.93. The van der Waals surface area contributed by atoms with Crippen molar-refractivity contribution in [3.63, 3.8) is 0 Å². The molecule has 8 nitrogen and oxygen atoms in total. The molecular weight excluding hydrogens is 274 g/mol. The molecule has 0 amide bonds. The number of aromatic hydroxyl groups is 1. The van der Waals surface area contributed by atoms with Crippen LogP contribution >= 0.6 is 0 Å². The van der Waals surface area contributed by atoms with E-state index in [4.69, 9.17) is 0 Å². The fourth-order valence-corrected chi connectivity index (χ4v) is 1.87. The lowest BCUT2D eigenvalue weighted by Crippen LogP contribution is -2.41. The number of nitrogens with zero attached hydrogens (tertiary/aromatic N) is 5. The maximum Gasteiger partial charge on any atom is 0.333 e. The minimum Gasteiger partial charge on any atom is -0.494 e. The second kappa shape index (κ2) is 6.12. The highest BCUT2D eigenvalue weighted by Crippen LogP contribution is 2.09. The van der Waals surface area contributed by atoms with Gasteiger partial charge in [-0.25, -0.2) is 19.8 Å². The quantitative estimate of drug-likeness (QED) is 0.815. The standard InChI is InChI=1S/C13H15N5O3/c1-3-17-10(19)9(11(20)18(4-2)13(17)21)8-16-12-14-6-5-7-15-12/h5-8,19H,3-4H2,1-2H3/b16-8+. The first-order chi connectivity index (χ1) is 10.1. The van der Waals surface area contributed by atoms with Crippen LogP contribution in [0.3, 0.4) is 0 Å². The molecule has 0 atom stereocenters. The SMILES string of the molecule is CCn1c(O)c(/C=N/c2ncccn2)c(=O)n(CC)c1=O. The molecule has 21 heavy (non-hydrogen) atoms. The summed E-state index contributed by atoms with van der Waals surface area (Å²) in [6, 6.07) is 1.64. The molecule has 0 aliphatic carbocycles. The maximum absolute atomic E-state index is 12.2. The monoisotopic (exact) mass is 289 g/mol. The van der Waals surface area contributed by atoms with E-state index in [-0.39, 0.29) is 24.6 Å². The van der Waals surface area contributed by atoms with Gasteiger partial charge in [0, 0.05) is 31.7 Å². The number of hydrogen-bond donors (Lipinski definition) is 1. The van der Waals surface area contributed by atoms with Crippen molar-refractivity contribution in [2.75, 3.05) is 0 Å². The first-order valence-corrected chi connectivity index (χ1v) is 6.47. The predicted octanol–water partition coefficient (Wildman–Crippen LogP) is 0.296. The van der Waals surface area contributed by atoms with Crippen molar-refractivity contribution < 1.29 is 5.11 Å². The molecule has 0 aliphatic heterocycles. The van der Waals surface area contributed by atoms with E-state index in [9.17, 15) is 14.7 Å². The number of aliphatic imine (C=N–C) groups is 1. The van der Waals surface area contributed by atoms with E-state index in [1.807, 2.05) is 0 Å². The lowest BCUT2D eigenvalue weighted by atomic mass is 10.3. The molecule has 0 aromatic carbocycles. The molecular formula is C13H15N5O3. The van der Waals surface area contributed by atoms with Crippen molar-refractivity contribution in [3.05, 3.63) is 44.9 Å². The average molecular weight is 289 g/mol. The largest absolute Gasteiger partial charge is 0.494 e. The van der Waals surface area contributed by atoms with Gasteiger partial charge in [0.1, 0.15) is 5.56 Å². The Labute approximate surface area is 120 Å². The van der Waals surface area contributed by atoms with Crippen molar-refractivity contribution in [2.24, 2.45) is 4.99 Å². The molecule has 1 N–H and O–H groups in total. The Hall–Kier alpha value is -2.77. The molecule has 0 radical (unpaired) electrons. The molecule has 0 saturated carbocycles. The molecule has 2 aromatic heterocycles. The molecule has 0 bridgehead atoms. The van der Waals surface area contributed by atoms with Gasteiger partial charge >= 0.3 is 5.69 Å². The fourth-order valence-electron chi connectivity index (χ4n) is 1.87. The van der Waals surface area contributed by atoms with Crippen LogP contribution in [0.5, 0.6) is 5.88 Å². The van der Waals surface area contributed by atoms with Crippen LogP contribution in [0.15, 0.2) is 33.0 Å². The predicted molar refractivity (Wildman–Crippen MR) is 77.3 cm³/mol. The van der Waals surface area contributed by atoms with Gasteiger partial charge < -0.3 is 5.11 Å². The van der Waals surface area contributed by atoms with Gasteiger partial charge in [-0.05, 0) is 19.9 Å². The van der Waals surface area contributed by atoms with Crippen LogP contribution in [0.25, 0.3) is 0 Å². The van der Waals surface area contributed by atoms with Crippen LogP contribution in [-0.4, -0.2) is 30.4 Å². The Morgan fingerprint density at radius 1 is 1.19 bits per heavy atom. The van der Waals surface area contributed by atoms with E-state index < -0.39 is 17.1 Å². The third kappa shape index (κ3) is 2.73. The zero-order chi connectivity index (χ0) is 15.4. The highest BCUT2D eigenvalue weighted by molar-refractivity contribution is 5.83. The van der Waals surface area contributed by atoms with Gasteiger partial charge in [-0.2, -0.15) is 0 Å². The summed E-state index contributed by atoms with van der Waals surface area (Å²) in [5.41, 5.74) is -1.20. The second-order valence-corrected chi connectivity index (χ2v) is 4.12. The summed E-state index contributed by atoms with van der Waals surface area (Å²) in [5, 5.41) is 10.1. The van der Waals surface area contributed by atoms with Crippen molar-refractivity contribution in [2.45, 2.75) is 26.9 Å². The highest BCUT2D eigenvalue weighted by atomic mass is 16.3. The number of aromatic nitrogens is 4. The van der Waals surface area contributed by atoms with Crippen molar-refractivity contribution in [1.82, 2.24) is 19.1 Å². The van der Waals surface area contributed by atoms with Crippen LogP contribution in [-0.2, 0) is 13.1 Å². The summed E-state index contributed by atoms with van der Waals surface area (Å²) in [6.07, 6.45) is 4.19. The van der Waals surface area contributed by atoms with Crippen LogP contribution in [0, 0.1) is 0 Å². The highest BCUT2D eigenvalue weighted by Gasteiger charge is 2.15. The molecule has 2 rings (SSSR count). The van der Waals surface area contributed by atoms with Gasteiger partial charge in [0.25, 0.3) is 5.56 Å². The first-order valence-electron chi connectivity index (χ1n) is 6.47.